The molecule has 1 heterocycles. The van der Waals surface area contributed by atoms with Gasteiger partial charge in [-0.3, -0.25) is 4.79 Å². The third-order valence-corrected chi connectivity index (χ3v) is 3.08. The standard InChI is InChI=1S/C14H16N2O2/c1-11(14(17)16-8-4-5-9-16)18-13-7-3-2-6-12(13)10-15/h2-3,6-7,11H,4-5,8-9H2,1H3. The molecule has 18 heavy (non-hydrogen) atoms. The van der Waals surface area contributed by atoms with Crippen LogP contribution in [0.15, 0.2) is 24.3 Å². The number of benzene rings is 1. The summed E-state index contributed by atoms with van der Waals surface area (Å²) in [5.74, 6) is 0.472. The van der Waals surface area contributed by atoms with Gasteiger partial charge in [0.2, 0.25) is 0 Å². The quantitative estimate of drug-likeness (QED) is 0.816. The SMILES string of the molecule is CC(Oc1ccccc1C#N)C(=O)N1CCCC1. The fourth-order valence-corrected chi connectivity index (χ4v) is 2.10. The molecule has 1 aromatic rings. The summed E-state index contributed by atoms with van der Waals surface area (Å²) < 4.78 is 5.60. The van der Waals surface area contributed by atoms with Gasteiger partial charge in [0.25, 0.3) is 5.91 Å². The van der Waals surface area contributed by atoms with Gasteiger partial charge in [0.1, 0.15) is 11.8 Å². The van der Waals surface area contributed by atoms with E-state index in [0.717, 1.165) is 25.9 Å². The van der Waals surface area contributed by atoms with E-state index in [1.807, 2.05) is 4.90 Å². The lowest BCUT2D eigenvalue weighted by Crippen LogP contribution is -2.38. The number of rotatable bonds is 3. The molecule has 0 radical (unpaired) electrons. The fourth-order valence-electron chi connectivity index (χ4n) is 2.10. The number of nitriles is 1. The second-order valence-electron chi connectivity index (χ2n) is 4.40. The van der Waals surface area contributed by atoms with Gasteiger partial charge in [-0.1, -0.05) is 12.1 Å². The van der Waals surface area contributed by atoms with Gasteiger partial charge >= 0.3 is 0 Å². The van der Waals surface area contributed by atoms with Gasteiger partial charge in [0.15, 0.2) is 6.10 Å². The van der Waals surface area contributed by atoms with E-state index in [0.29, 0.717) is 11.3 Å². The summed E-state index contributed by atoms with van der Waals surface area (Å²) in [6.45, 7) is 3.35. The largest absolute Gasteiger partial charge is 0.480 e. The zero-order valence-corrected chi connectivity index (χ0v) is 10.4. The first-order valence-corrected chi connectivity index (χ1v) is 6.17. The van der Waals surface area contributed by atoms with E-state index in [-0.39, 0.29) is 5.91 Å². The van der Waals surface area contributed by atoms with E-state index in [1.54, 1.807) is 31.2 Å². The van der Waals surface area contributed by atoms with Crippen molar-refractivity contribution in [1.29, 1.82) is 5.26 Å². The Morgan fingerprint density at radius 3 is 2.72 bits per heavy atom. The van der Waals surface area contributed by atoms with Crippen LogP contribution < -0.4 is 4.74 Å². The molecule has 0 aliphatic carbocycles. The van der Waals surface area contributed by atoms with E-state index < -0.39 is 6.10 Å². The molecule has 1 aliphatic heterocycles. The van der Waals surface area contributed by atoms with Crippen LogP contribution in [0.25, 0.3) is 0 Å². The van der Waals surface area contributed by atoms with Crippen molar-refractivity contribution in [2.45, 2.75) is 25.9 Å². The second-order valence-corrected chi connectivity index (χ2v) is 4.40. The first kappa shape index (κ1) is 12.4. The number of hydrogen-bond acceptors (Lipinski definition) is 3. The van der Waals surface area contributed by atoms with Crippen LogP contribution in [0, 0.1) is 11.3 Å². The van der Waals surface area contributed by atoms with Crippen LogP contribution in [0.4, 0.5) is 0 Å². The number of carbonyl (C=O) groups is 1. The molecular weight excluding hydrogens is 228 g/mol. The Balaban J connectivity index is 2.04. The predicted octanol–water partition coefficient (Wildman–Crippen LogP) is 1.95. The third-order valence-electron chi connectivity index (χ3n) is 3.08. The van der Waals surface area contributed by atoms with Crippen molar-refractivity contribution in [3.8, 4) is 11.8 Å². The van der Waals surface area contributed by atoms with Gasteiger partial charge in [-0.25, -0.2) is 0 Å². The van der Waals surface area contributed by atoms with E-state index in [4.69, 9.17) is 10.00 Å². The van der Waals surface area contributed by atoms with Gasteiger partial charge < -0.3 is 9.64 Å². The fraction of sp³-hybridized carbons (Fsp3) is 0.429. The number of ether oxygens (including phenoxy) is 1. The highest BCUT2D eigenvalue weighted by molar-refractivity contribution is 5.81. The van der Waals surface area contributed by atoms with E-state index in [1.165, 1.54) is 0 Å². The van der Waals surface area contributed by atoms with Crippen LogP contribution in [-0.2, 0) is 4.79 Å². The third kappa shape index (κ3) is 2.62. The van der Waals surface area contributed by atoms with Gasteiger partial charge in [-0.05, 0) is 31.9 Å². The first-order valence-electron chi connectivity index (χ1n) is 6.17. The summed E-state index contributed by atoms with van der Waals surface area (Å²) in [7, 11) is 0. The highest BCUT2D eigenvalue weighted by Gasteiger charge is 2.24. The minimum absolute atomic E-state index is 0.000225. The topological polar surface area (TPSA) is 53.3 Å². The molecule has 1 atom stereocenters. The summed E-state index contributed by atoms with van der Waals surface area (Å²) in [6.07, 6.45) is 1.58. The Hall–Kier alpha value is -2.02. The molecule has 2 rings (SSSR count). The van der Waals surface area contributed by atoms with Crippen LogP contribution >= 0.6 is 0 Å². The average molecular weight is 244 g/mol. The molecule has 1 unspecified atom stereocenters. The molecule has 0 spiro atoms. The molecule has 1 amide bonds. The Bertz CT molecular complexity index is 473. The smallest absolute Gasteiger partial charge is 0.263 e. The molecule has 0 aromatic heterocycles. The minimum atomic E-state index is -0.544. The molecular formula is C14H16N2O2. The van der Waals surface area contributed by atoms with E-state index in [9.17, 15) is 4.79 Å². The predicted molar refractivity (Wildman–Crippen MR) is 67.1 cm³/mol. The molecule has 1 fully saturated rings. The maximum absolute atomic E-state index is 12.1. The molecule has 94 valence electrons. The Morgan fingerprint density at radius 1 is 1.39 bits per heavy atom. The maximum atomic E-state index is 12.1. The number of nitrogens with zero attached hydrogens (tertiary/aromatic N) is 2. The summed E-state index contributed by atoms with van der Waals surface area (Å²) in [4.78, 5) is 13.9. The zero-order valence-electron chi connectivity index (χ0n) is 10.4. The first-order chi connectivity index (χ1) is 8.72. The van der Waals surface area contributed by atoms with Crippen molar-refractivity contribution in [3.63, 3.8) is 0 Å². The molecule has 1 saturated heterocycles. The van der Waals surface area contributed by atoms with Crippen molar-refractivity contribution in [2.75, 3.05) is 13.1 Å². The Labute approximate surface area is 107 Å². The van der Waals surface area contributed by atoms with Gasteiger partial charge in [0.05, 0.1) is 5.56 Å². The summed E-state index contributed by atoms with van der Waals surface area (Å²) in [5.41, 5.74) is 0.457. The number of hydrogen-bond donors (Lipinski definition) is 0. The zero-order chi connectivity index (χ0) is 13.0. The lowest BCUT2D eigenvalue weighted by Gasteiger charge is -2.21. The molecule has 1 aliphatic rings. The lowest BCUT2D eigenvalue weighted by molar-refractivity contribution is -0.136. The van der Waals surface area contributed by atoms with Gasteiger partial charge in [0, 0.05) is 13.1 Å². The van der Waals surface area contributed by atoms with Crippen LogP contribution in [0.2, 0.25) is 0 Å². The highest BCUT2D eigenvalue weighted by atomic mass is 16.5. The number of para-hydroxylation sites is 1. The van der Waals surface area contributed by atoms with E-state index >= 15 is 0 Å². The van der Waals surface area contributed by atoms with Crippen LogP contribution in [0.3, 0.4) is 0 Å². The molecule has 0 N–H and O–H groups in total. The van der Waals surface area contributed by atoms with Crippen LogP contribution in [0.1, 0.15) is 25.3 Å². The monoisotopic (exact) mass is 244 g/mol. The molecule has 4 heteroatoms. The number of carbonyl (C=O) groups excluding carboxylic acids is 1. The lowest BCUT2D eigenvalue weighted by atomic mass is 10.2. The second kappa shape index (κ2) is 5.54. The summed E-state index contributed by atoms with van der Waals surface area (Å²) in [5, 5.41) is 8.96. The van der Waals surface area contributed by atoms with Crippen LogP contribution in [0.5, 0.6) is 5.75 Å². The molecule has 0 saturated carbocycles. The maximum Gasteiger partial charge on any atom is 0.263 e. The highest BCUT2D eigenvalue weighted by Crippen LogP contribution is 2.19. The van der Waals surface area contributed by atoms with Gasteiger partial charge in [-0.15, -0.1) is 0 Å². The minimum Gasteiger partial charge on any atom is -0.480 e. The summed E-state index contributed by atoms with van der Waals surface area (Å²) >= 11 is 0. The van der Waals surface area contributed by atoms with Crippen molar-refractivity contribution in [1.82, 2.24) is 4.90 Å². The Kier molecular flexibility index (Phi) is 3.83. The Morgan fingerprint density at radius 2 is 2.06 bits per heavy atom. The van der Waals surface area contributed by atoms with Crippen molar-refractivity contribution in [2.24, 2.45) is 0 Å². The average Bonchev–Trinajstić information content (AvgIpc) is 2.92. The van der Waals surface area contributed by atoms with E-state index in [2.05, 4.69) is 6.07 Å². The van der Waals surface area contributed by atoms with Crippen LogP contribution in [-0.4, -0.2) is 30.0 Å². The van der Waals surface area contributed by atoms with Crippen molar-refractivity contribution >= 4 is 5.91 Å². The normalized spacial score (nSPS) is 16.1. The summed E-state index contributed by atoms with van der Waals surface area (Å²) in [6, 6.07) is 9.03. The van der Waals surface area contributed by atoms with Crippen molar-refractivity contribution in [3.05, 3.63) is 29.8 Å². The molecule has 1 aromatic carbocycles. The van der Waals surface area contributed by atoms with Gasteiger partial charge in [-0.2, -0.15) is 5.26 Å². The molecule has 4 nitrogen and oxygen atoms in total. The van der Waals surface area contributed by atoms with Crippen molar-refractivity contribution < 1.29 is 9.53 Å². The number of amides is 1. The number of likely N-dealkylation sites (tertiary alicyclic amines) is 1. The molecule has 0 bridgehead atoms.